The van der Waals surface area contributed by atoms with Crippen molar-refractivity contribution in [3.05, 3.63) is 100 Å². The van der Waals surface area contributed by atoms with E-state index in [-0.39, 0.29) is 11.9 Å². The summed E-state index contributed by atoms with van der Waals surface area (Å²) in [4.78, 5) is 16.5. The Morgan fingerprint density at radius 3 is 2.31 bits per heavy atom. The van der Waals surface area contributed by atoms with Gasteiger partial charge in [-0.3, -0.25) is 4.79 Å². The highest BCUT2D eigenvalue weighted by Crippen LogP contribution is 2.31. The van der Waals surface area contributed by atoms with Crippen LogP contribution in [0.25, 0.3) is 10.9 Å². The van der Waals surface area contributed by atoms with Gasteiger partial charge in [-0.15, -0.1) is 0 Å². The van der Waals surface area contributed by atoms with Gasteiger partial charge in [-0.2, -0.15) is 0 Å². The molecule has 4 aromatic rings. The quantitative estimate of drug-likeness (QED) is 0.314. The zero-order valence-corrected chi connectivity index (χ0v) is 19.5. The van der Waals surface area contributed by atoms with E-state index < -0.39 is 0 Å². The molecule has 1 aromatic heterocycles. The van der Waals surface area contributed by atoms with Crippen LogP contribution in [0, 0.1) is 19.8 Å². The molecule has 3 aromatic carbocycles. The van der Waals surface area contributed by atoms with Crippen LogP contribution in [0.5, 0.6) is 5.75 Å². The number of nitrogens with one attached hydrogen (secondary N) is 1. The molecule has 164 valence electrons. The summed E-state index contributed by atoms with van der Waals surface area (Å²) in [6.45, 7) is 10.6. The first kappa shape index (κ1) is 21.9. The maximum Gasteiger partial charge on any atom is 0.195 e. The molecule has 0 saturated carbocycles. The first-order valence-electron chi connectivity index (χ1n) is 11.3. The lowest BCUT2D eigenvalue weighted by molar-refractivity contribution is 0.103. The standard InChI is InChI=1S/C29H31NO2/c1-18(2)16-22-10-12-23(13-11-22)21(5)32-28-15-14-24(19(3)20(28)4)29(31)26-17-30-27-9-7-6-8-25(26)27/h6-15,17-18,21,30H,16H2,1-5H3. The van der Waals surface area contributed by atoms with E-state index in [0.29, 0.717) is 17.0 Å². The van der Waals surface area contributed by atoms with Crippen LogP contribution < -0.4 is 4.74 Å². The van der Waals surface area contributed by atoms with Gasteiger partial charge in [-0.1, -0.05) is 56.3 Å². The average Bonchev–Trinajstić information content (AvgIpc) is 3.21. The molecule has 32 heavy (non-hydrogen) atoms. The molecule has 3 nitrogen and oxygen atoms in total. The molecule has 1 N–H and O–H groups in total. The molecule has 1 heterocycles. The van der Waals surface area contributed by atoms with Crippen LogP contribution in [-0.2, 0) is 6.42 Å². The molecule has 0 aliphatic carbocycles. The molecule has 0 radical (unpaired) electrons. The number of rotatable bonds is 7. The van der Waals surface area contributed by atoms with E-state index >= 15 is 0 Å². The number of benzene rings is 3. The maximum absolute atomic E-state index is 13.3. The summed E-state index contributed by atoms with van der Waals surface area (Å²) in [5.41, 5.74) is 6.84. The molecular formula is C29H31NO2. The summed E-state index contributed by atoms with van der Waals surface area (Å²) in [7, 11) is 0. The summed E-state index contributed by atoms with van der Waals surface area (Å²) in [5.74, 6) is 1.49. The summed E-state index contributed by atoms with van der Waals surface area (Å²) in [6, 6.07) is 20.4. The highest BCUT2D eigenvalue weighted by atomic mass is 16.5. The number of hydrogen-bond donors (Lipinski definition) is 1. The van der Waals surface area contributed by atoms with Crippen molar-refractivity contribution in [1.29, 1.82) is 0 Å². The van der Waals surface area contributed by atoms with Gasteiger partial charge >= 0.3 is 0 Å². The number of ether oxygens (including phenoxy) is 1. The van der Waals surface area contributed by atoms with Crippen molar-refractivity contribution < 1.29 is 9.53 Å². The third-order valence-electron chi connectivity index (χ3n) is 6.21. The van der Waals surface area contributed by atoms with Gasteiger partial charge < -0.3 is 9.72 Å². The van der Waals surface area contributed by atoms with E-state index in [2.05, 4.69) is 50.0 Å². The Labute approximate surface area is 190 Å². The first-order valence-corrected chi connectivity index (χ1v) is 11.3. The fourth-order valence-electron chi connectivity index (χ4n) is 4.23. The molecule has 3 heteroatoms. The molecule has 4 rings (SSSR count). The number of carbonyl (C=O) groups is 1. The predicted molar refractivity (Wildman–Crippen MR) is 132 cm³/mol. The van der Waals surface area contributed by atoms with Crippen LogP contribution in [0.3, 0.4) is 0 Å². The van der Waals surface area contributed by atoms with Crippen molar-refractivity contribution in [1.82, 2.24) is 4.98 Å². The van der Waals surface area contributed by atoms with E-state index in [1.54, 1.807) is 6.20 Å². The summed E-state index contributed by atoms with van der Waals surface area (Å²) >= 11 is 0. The Balaban J connectivity index is 1.55. The maximum atomic E-state index is 13.3. The smallest absolute Gasteiger partial charge is 0.195 e. The van der Waals surface area contributed by atoms with Crippen molar-refractivity contribution in [2.45, 2.75) is 47.1 Å². The Hall–Kier alpha value is -3.33. The Morgan fingerprint density at radius 1 is 0.875 bits per heavy atom. The van der Waals surface area contributed by atoms with Gasteiger partial charge in [0.1, 0.15) is 11.9 Å². The van der Waals surface area contributed by atoms with E-state index in [0.717, 1.165) is 39.8 Å². The van der Waals surface area contributed by atoms with Crippen LogP contribution in [0.4, 0.5) is 0 Å². The summed E-state index contributed by atoms with van der Waals surface area (Å²) in [5, 5.41) is 0.949. The number of fused-ring (bicyclic) bond motifs is 1. The number of ketones is 1. The van der Waals surface area contributed by atoms with Gasteiger partial charge in [0, 0.05) is 28.2 Å². The van der Waals surface area contributed by atoms with Crippen molar-refractivity contribution in [2.75, 3.05) is 0 Å². The molecule has 0 saturated heterocycles. The van der Waals surface area contributed by atoms with Gasteiger partial charge in [0.25, 0.3) is 0 Å². The van der Waals surface area contributed by atoms with E-state index in [9.17, 15) is 4.79 Å². The van der Waals surface area contributed by atoms with Crippen molar-refractivity contribution >= 4 is 16.7 Å². The molecular weight excluding hydrogens is 394 g/mol. The van der Waals surface area contributed by atoms with E-state index in [1.807, 2.05) is 50.2 Å². The number of H-pyrrole nitrogens is 1. The monoisotopic (exact) mass is 425 g/mol. The largest absolute Gasteiger partial charge is 0.486 e. The molecule has 0 bridgehead atoms. The second-order valence-electron chi connectivity index (χ2n) is 9.04. The minimum Gasteiger partial charge on any atom is -0.486 e. The van der Waals surface area contributed by atoms with Gasteiger partial charge in [0.05, 0.1) is 0 Å². The van der Waals surface area contributed by atoms with E-state index in [1.165, 1.54) is 5.56 Å². The zero-order chi connectivity index (χ0) is 22.8. The predicted octanol–water partition coefficient (Wildman–Crippen LogP) is 7.35. The average molecular weight is 426 g/mol. The number of hydrogen-bond acceptors (Lipinski definition) is 2. The van der Waals surface area contributed by atoms with Gasteiger partial charge in [-0.25, -0.2) is 0 Å². The lowest BCUT2D eigenvalue weighted by Crippen LogP contribution is -2.08. The first-order chi connectivity index (χ1) is 15.3. The molecule has 0 fully saturated rings. The van der Waals surface area contributed by atoms with Crippen molar-refractivity contribution in [3.63, 3.8) is 0 Å². The van der Waals surface area contributed by atoms with Crippen LogP contribution >= 0.6 is 0 Å². The van der Waals surface area contributed by atoms with Gasteiger partial charge in [-0.05, 0) is 73.6 Å². The highest BCUT2D eigenvalue weighted by Gasteiger charge is 2.19. The lowest BCUT2D eigenvalue weighted by atomic mass is 9.95. The molecule has 0 aliphatic heterocycles. The Kier molecular flexibility index (Phi) is 6.18. The van der Waals surface area contributed by atoms with Gasteiger partial charge in [0.15, 0.2) is 5.78 Å². The lowest BCUT2D eigenvalue weighted by Gasteiger charge is -2.19. The highest BCUT2D eigenvalue weighted by molar-refractivity contribution is 6.17. The minimum absolute atomic E-state index is 0.0309. The number of carbonyl (C=O) groups excluding carboxylic acids is 1. The normalized spacial score (nSPS) is 12.3. The third-order valence-corrected chi connectivity index (χ3v) is 6.21. The number of aromatic amines is 1. The van der Waals surface area contributed by atoms with Crippen molar-refractivity contribution in [3.8, 4) is 5.75 Å². The topological polar surface area (TPSA) is 42.1 Å². The molecule has 1 atom stereocenters. The second kappa shape index (κ2) is 9.04. The molecule has 0 amide bonds. The number of para-hydroxylation sites is 1. The zero-order valence-electron chi connectivity index (χ0n) is 19.5. The SMILES string of the molecule is Cc1c(OC(C)c2ccc(CC(C)C)cc2)ccc(C(=O)c2c[nH]c3ccccc23)c1C. The van der Waals surface area contributed by atoms with Gasteiger partial charge in [0.2, 0.25) is 0 Å². The molecule has 1 unspecified atom stereocenters. The van der Waals surface area contributed by atoms with Crippen LogP contribution in [0.1, 0.15) is 65.1 Å². The van der Waals surface area contributed by atoms with E-state index in [4.69, 9.17) is 4.74 Å². The Morgan fingerprint density at radius 2 is 1.59 bits per heavy atom. The molecule has 0 aliphatic rings. The summed E-state index contributed by atoms with van der Waals surface area (Å²) in [6.07, 6.45) is 2.81. The minimum atomic E-state index is -0.0728. The second-order valence-corrected chi connectivity index (χ2v) is 9.04. The third kappa shape index (κ3) is 4.34. The van der Waals surface area contributed by atoms with Crippen molar-refractivity contribution in [2.24, 2.45) is 5.92 Å². The summed E-state index contributed by atoms with van der Waals surface area (Å²) < 4.78 is 6.31. The van der Waals surface area contributed by atoms with Crippen LogP contribution in [-0.4, -0.2) is 10.8 Å². The molecule has 0 spiro atoms. The fraction of sp³-hybridized carbons (Fsp3) is 0.276. The number of aromatic nitrogens is 1. The fourth-order valence-corrected chi connectivity index (χ4v) is 4.23. The van der Waals surface area contributed by atoms with Crippen LogP contribution in [0.15, 0.2) is 66.9 Å². The van der Waals surface area contributed by atoms with Crippen LogP contribution in [0.2, 0.25) is 0 Å². The Bertz CT molecular complexity index is 1250.